The molecule has 0 aliphatic heterocycles. The summed E-state index contributed by atoms with van der Waals surface area (Å²) in [6, 6.07) is 11.5. The van der Waals surface area contributed by atoms with E-state index in [4.69, 9.17) is 11.6 Å². The third kappa shape index (κ3) is 4.57. The molecule has 0 bridgehead atoms. The number of para-hydroxylation sites is 1. The maximum atomic E-state index is 12.6. The standard InChI is InChI=1S/C21H23ClN4O2S/c1-12(2)16-10-17(22)13(3)19(20(16)28)23-18(27)11-29-21-25-24-14(4)26(21)15-8-6-5-7-9-15/h5-10,12,28H,11H2,1-4H3,(H,23,27). The summed E-state index contributed by atoms with van der Waals surface area (Å²) in [5.41, 5.74) is 2.62. The molecule has 1 heterocycles. The van der Waals surface area contributed by atoms with Crippen molar-refractivity contribution < 1.29 is 9.90 Å². The SMILES string of the molecule is Cc1c(Cl)cc(C(C)C)c(O)c1NC(=O)CSc1nnc(C)n1-c1ccccc1. The number of carbonyl (C=O) groups excluding carboxylic acids is 1. The monoisotopic (exact) mass is 430 g/mol. The molecule has 0 atom stereocenters. The Morgan fingerprint density at radius 3 is 2.59 bits per heavy atom. The minimum absolute atomic E-state index is 0.0588. The maximum absolute atomic E-state index is 12.6. The van der Waals surface area contributed by atoms with Gasteiger partial charge in [-0.25, -0.2) is 0 Å². The molecular formula is C21H23ClN4O2S. The van der Waals surface area contributed by atoms with Gasteiger partial charge in [0.15, 0.2) is 5.16 Å². The first-order valence-electron chi connectivity index (χ1n) is 9.21. The Morgan fingerprint density at radius 2 is 1.93 bits per heavy atom. The Bertz CT molecular complexity index is 1030. The molecule has 0 spiro atoms. The number of hydrogen-bond donors (Lipinski definition) is 2. The average Bonchev–Trinajstić information content (AvgIpc) is 3.07. The molecule has 3 rings (SSSR count). The number of hydrogen-bond acceptors (Lipinski definition) is 5. The fraction of sp³-hybridized carbons (Fsp3) is 0.286. The van der Waals surface area contributed by atoms with Crippen LogP contribution in [-0.4, -0.2) is 31.5 Å². The van der Waals surface area contributed by atoms with Gasteiger partial charge in [0.25, 0.3) is 0 Å². The summed E-state index contributed by atoms with van der Waals surface area (Å²) in [6.45, 7) is 7.55. The van der Waals surface area contributed by atoms with Gasteiger partial charge in [-0.3, -0.25) is 9.36 Å². The van der Waals surface area contributed by atoms with Gasteiger partial charge >= 0.3 is 0 Å². The summed E-state index contributed by atoms with van der Waals surface area (Å²) in [6.07, 6.45) is 0. The van der Waals surface area contributed by atoms with Crippen molar-refractivity contribution in [2.45, 2.75) is 38.8 Å². The lowest BCUT2D eigenvalue weighted by molar-refractivity contribution is -0.113. The van der Waals surface area contributed by atoms with E-state index in [2.05, 4.69) is 15.5 Å². The lowest BCUT2D eigenvalue weighted by Gasteiger charge is -2.17. The van der Waals surface area contributed by atoms with Crippen molar-refractivity contribution in [3.05, 3.63) is 58.4 Å². The van der Waals surface area contributed by atoms with Crippen LogP contribution in [0.3, 0.4) is 0 Å². The molecule has 2 aromatic carbocycles. The number of nitrogens with zero attached hydrogens (tertiary/aromatic N) is 3. The first-order chi connectivity index (χ1) is 13.8. The molecule has 0 aliphatic rings. The van der Waals surface area contributed by atoms with Crippen molar-refractivity contribution in [2.24, 2.45) is 0 Å². The van der Waals surface area contributed by atoms with Crippen molar-refractivity contribution >= 4 is 35.0 Å². The van der Waals surface area contributed by atoms with Crippen LogP contribution < -0.4 is 5.32 Å². The smallest absolute Gasteiger partial charge is 0.234 e. The third-order valence-corrected chi connectivity index (χ3v) is 5.88. The Hall–Kier alpha value is -2.51. The van der Waals surface area contributed by atoms with E-state index in [0.717, 1.165) is 11.5 Å². The number of phenolic OH excluding ortho intramolecular Hbond substituents is 1. The first kappa shape index (κ1) is 21.2. The number of benzene rings is 2. The first-order valence-corrected chi connectivity index (χ1v) is 10.6. The zero-order valence-electron chi connectivity index (χ0n) is 16.7. The highest BCUT2D eigenvalue weighted by Gasteiger charge is 2.19. The lowest BCUT2D eigenvalue weighted by atomic mass is 9.99. The second kappa shape index (κ2) is 8.88. The summed E-state index contributed by atoms with van der Waals surface area (Å²) in [7, 11) is 0. The fourth-order valence-corrected chi connectivity index (χ4v) is 3.97. The molecule has 8 heteroatoms. The van der Waals surface area contributed by atoms with Crippen LogP contribution in [0.5, 0.6) is 5.75 Å². The zero-order valence-corrected chi connectivity index (χ0v) is 18.3. The molecule has 3 aromatic rings. The van der Waals surface area contributed by atoms with Crippen LogP contribution in [0.25, 0.3) is 5.69 Å². The molecule has 0 unspecified atom stereocenters. The number of carbonyl (C=O) groups is 1. The molecule has 6 nitrogen and oxygen atoms in total. The maximum Gasteiger partial charge on any atom is 0.234 e. The molecule has 0 fully saturated rings. The minimum Gasteiger partial charge on any atom is -0.505 e. The number of anilines is 1. The number of rotatable bonds is 6. The lowest BCUT2D eigenvalue weighted by Crippen LogP contribution is -2.16. The van der Waals surface area contributed by atoms with Crippen LogP contribution in [0, 0.1) is 13.8 Å². The van der Waals surface area contributed by atoms with Gasteiger partial charge < -0.3 is 10.4 Å². The van der Waals surface area contributed by atoms with Gasteiger partial charge in [-0.2, -0.15) is 0 Å². The van der Waals surface area contributed by atoms with Crippen molar-refractivity contribution in [1.82, 2.24) is 14.8 Å². The van der Waals surface area contributed by atoms with Gasteiger partial charge in [0.1, 0.15) is 11.6 Å². The molecule has 1 amide bonds. The molecule has 1 aromatic heterocycles. The summed E-state index contributed by atoms with van der Waals surface area (Å²) in [4.78, 5) is 12.6. The van der Waals surface area contributed by atoms with E-state index in [1.807, 2.05) is 55.7 Å². The van der Waals surface area contributed by atoms with E-state index >= 15 is 0 Å². The highest BCUT2D eigenvalue weighted by atomic mass is 35.5. The van der Waals surface area contributed by atoms with E-state index in [1.54, 1.807) is 13.0 Å². The minimum atomic E-state index is -0.259. The molecule has 2 N–H and O–H groups in total. The van der Waals surface area contributed by atoms with Gasteiger partial charge in [0, 0.05) is 16.3 Å². The number of thioether (sulfide) groups is 1. The van der Waals surface area contributed by atoms with Crippen LogP contribution in [0.2, 0.25) is 5.02 Å². The van der Waals surface area contributed by atoms with Crippen molar-refractivity contribution in [2.75, 3.05) is 11.1 Å². The third-order valence-electron chi connectivity index (χ3n) is 4.55. The largest absolute Gasteiger partial charge is 0.505 e. The fourth-order valence-electron chi connectivity index (χ4n) is 2.96. The van der Waals surface area contributed by atoms with Crippen LogP contribution >= 0.6 is 23.4 Å². The summed E-state index contributed by atoms with van der Waals surface area (Å²) < 4.78 is 1.90. The molecule has 0 radical (unpaired) electrons. The van der Waals surface area contributed by atoms with Gasteiger partial charge in [0.05, 0.1) is 11.4 Å². The second-order valence-electron chi connectivity index (χ2n) is 6.99. The van der Waals surface area contributed by atoms with E-state index in [9.17, 15) is 9.90 Å². The molecule has 0 saturated heterocycles. The average molecular weight is 431 g/mol. The van der Waals surface area contributed by atoms with Crippen molar-refractivity contribution in [1.29, 1.82) is 0 Å². The van der Waals surface area contributed by atoms with E-state index in [1.165, 1.54) is 11.8 Å². The van der Waals surface area contributed by atoms with E-state index in [0.29, 0.717) is 27.0 Å². The van der Waals surface area contributed by atoms with Crippen LogP contribution in [0.4, 0.5) is 5.69 Å². The number of phenols is 1. The van der Waals surface area contributed by atoms with Gasteiger partial charge in [0.2, 0.25) is 5.91 Å². The van der Waals surface area contributed by atoms with Crippen LogP contribution in [0.15, 0.2) is 41.6 Å². The van der Waals surface area contributed by atoms with Gasteiger partial charge in [-0.1, -0.05) is 55.4 Å². The van der Waals surface area contributed by atoms with Gasteiger partial charge in [-0.05, 0) is 43.5 Å². The van der Waals surface area contributed by atoms with Gasteiger partial charge in [-0.15, -0.1) is 10.2 Å². The number of aryl methyl sites for hydroxylation is 1. The highest BCUT2D eigenvalue weighted by Crippen LogP contribution is 2.39. The predicted octanol–water partition coefficient (Wildman–Crippen LogP) is 5.10. The number of halogens is 1. The van der Waals surface area contributed by atoms with Crippen LogP contribution in [0.1, 0.15) is 36.7 Å². The van der Waals surface area contributed by atoms with E-state index in [-0.39, 0.29) is 23.3 Å². The topological polar surface area (TPSA) is 80.0 Å². The molecule has 0 saturated carbocycles. The Balaban J connectivity index is 1.77. The highest BCUT2D eigenvalue weighted by molar-refractivity contribution is 7.99. The van der Waals surface area contributed by atoms with E-state index < -0.39 is 0 Å². The van der Waals surface area contributed by atoms with Crippen molar-refractivity contribution in [3.63, 3.8) is 0 Å². The number of nitrogens with one attached hydrogen (secondary N) is 1. The summed E-state index contributed by atoms with van der Waals surface area (Å²) in [5, 5.41) is 22.8. The molecule has 152 valence electrons. The molecule has 29 heavy (non-hydrogen) atoms. The second-order valence-corrected chi connectivity index (χ2v) is 8.34. The van der Waals surface area contributed by atoms with Crippen molar-refractivity contribution in [3.8, 4) is 11.4 Å². The number of amides is 1. The van der Waals surface area contributed by atoms with Crippen LogP contribution in [-0.2, 0) is 4.79 Å². The molecule has 0 aliphatic carbocycles. The Morgan fingerprint density at radius 1 is 1.24 bits per heavy atom. The Labute approximate surface area is 179 Å². The summed E-state index contributed by atoms with van der Waals surface area (Å²) in [5.74, 6) is 0.733. The zero-order chi connectivity index (χ0) is 21.1. The number of aromatic hydroxyl groups is 1. The summed E-state index contributed by atoms with van der Waals surface area (Å²) >= 11 is 7.57. The Kier molecular flexibility index (Phi) is 6.49. The molecular weight excluding hydrogens is 408 g/mol. The number of aromatic nitrogens is 3. The predicted molar refractivity (Wildman–Crippen MR) is 117 cm³/mol. The normalized spacial score (nSPS) is 11.1. The quantitative estimate of drug-likeness (QED) is 0.420.